The van der Waals surface area contributed by atoms with Crippen molar-refractivity contribution >= 4 is 87.7 Å². The molecule has 117 heavy (non-hydrogen) atoms. The van der Waals surface area contributed by atoms with Crippen LogP contribution in [0.5, 0.6) is 0 Å². The van der Waals surface area contributed by atoms with Crippen LogP contribution in [0.15, 0.2) is 60.8 Å². The van der Waals surface area contributed by atoms with Crippen molar-refractivity contribution in [3.8, 4) is 0 Å². The number of hydrogen-bond acceptors (Lipinski definition) is 19. The number of fused-ring (bicyclic) bond motifs is 1. The van der Waals surface area contributed by atoms with E-state index in [9.17, 15) is 52.7 Å². The van der Waals surface area contributed by atoms with E-state index in [-0.39, 0.29) is 108 Å². The van der Waals surface area contributed by atoms with Crippen molar-refractivity contribution in [2.24, 2.45) is 75.6 Å². The van der Waals surface area contributed by atoms with Crippen molar-refractivity contribution in [2.75, 3.05) is 32.7 Å². The van der Waals surface area contributed by atoms with E-state index < -0.39 is 167 Å². The van der Waals surface area contributed by atoms with Crippen LogP contribution >= 0.6 is 0 Å². The normalized spacial score (nSPS) is 14.9. The Kier molecular flexibility index (Phi) is 47.8. The van der Waals surface area contributed by atoms with E-state index in [0.29, 0.717) is 89.3 Å². The molecule has 0 aliphatic carbocycles. The van der Waals surface area contributed by atoms with E-state index in [1.54, 1.807) is 64.2 Å². The van der Waals surface area contributed by atoms with E-state index in [0.717, 1.165) is 16.5 Å². The molecule has 2 aromatic carbocycles. The highest BCUT2D eigenvalue weighted by Crippen LogP contribution is 2.22. The first-order valence-corrected chi connectivity index (χ1v) is 42.3. The molecule has 0 saturated heterocycles. The number of amides is 13. The molecular formula is C84H144N20O13. The lowest BCUT2D eigenvalue weighted by molar-refractivity contribution is -0.137. The molecule has 658 valence electrons. The maximum absolute atomic E-state index is 15.1. The first-order valence-electron chi connectivity index (χ1n) is 42.3. The third-order valence-electron chi connectivity index (χ3n) is 20.2. The van der Waals surface area contributed by atoms with Crippen molar-refractivity contribution in [2.45, 2.75) is 296 Å². The van der Waals surface area contributed by atoms with E-state index in [4.69, 9.17) is 40.1 Å². The van der Waals surface area contributed by atoms with Crippen LogP contribution in [0.2, 0.25) is 0 Å². The smallest absolute Gasteiger partial charge is 0.243 e. The molecule has 0 radical (unpaired) electrons. The Morgan fingerprint density at radius 3 is 0.949 bits per heavy atom. The summed E-state index contributed by atoms with van der Waals surface area (Å²) in [6.07, 6.45) is 7.32. The summed E-state index contributed by atoms with van der Waals surface area (Å²) in [4.78, 5) is 190. The van der Waals surface area contributed by atoms with Crippen molar-refractivity contribution < 1.29 is 62.3 Å². The summed E-state index contributed by atoms with van der Waals surface area (Å²) in [6, 6.07) is 0.389. The van der Waals surface area contributed by atoms with Gasteiger partial charge in [0.1, 0.15) is 72.5 Å². The zero-order valence-electron chi connectivity index (χ0n) is 71.5. The molecule has 3 rings (SSSR count). The zero-order chi connectivity index (χ0) is 87.4. The van der Waals surface area contributed by atoms with Gasteiger partial charge in [0, 0.05) is 29.9 Å². The predicted octanol–water partition coefficient (Wildman–Crippen LogP) is 1.72. The molecule has 33 heteroatoms. The minimum absolute atomic E-state index is 0.00498. The van der Waals surface area contributed by atoms with E-state index in [2.05, 4.69) is 68.8 Å². The van der Waals surface area contributed by atoms with Crippen LogP contribution in [-0.2, 0) is 75.2 Å². The lowest BCUT2D eigenvalue weighted by Crippen LogP contribution is -2.61. The van der Waals surface area contributed by atoms with Crippen molar-refractivity contribution in [1.29, 1.82) is 0 Å². The number of hydrogen-bond donors (Lipinski definition) is 20. The molecule has 3 aromatic rings. The number of nitrogens with one attached hydrogen (secondary N) is 13. The summed E-state index contributed by atoms with van der Waals surface area (Å²) in [7, 11) is 0. The van der Waals surface area contributed by atoms with Gasteiger partial charge in [-0.25, -0.2) is 0 Å². The predicted molar refractivity (Wildman–Crippen MR) is 455 cm³/mol. The minimum atomic E-state index is -1.39. The van der Waals surface area contributed by atoms with Crippen molar-refractivity contribution in [1.82, 2.24) is 68.8 Å². The second-order valence-corrected chi connectivity index (χ2v) is 33.3. The number of rotatable bonds is 59. The molecule has 13 atom stereocenters. The van der Waals surface area contributed by atoms with Crippen LogP contribution in [0, 0.1) is 35.5 Å². The topological polar surface area (TPSA) is 564 Å². The van der Waals surface area contributed by atoms with Crippen LogP contribution in [0.3, 0.4) is 0 Å². The number of H-pyrrole nitrogens is 1. The number of primary amides is 1. The van der Waals surface area contributed by atoms with Gasteiger partial charge in [-0.1, -0.05) is 138 Å². The third kappa shape index (κ3) is 38.0. The molecule has 13 amide bonds. The van der Waals surface area contributed by atoms with Gasteiger partial charge in [-0.15, -0.1) is 0 Å². The Morgan fingerprint density at radius 2 is 0.590 bits per heavy atom. The van der Waals surface area contributed by atoms with Crippen LogP contribution < -0.4 is 104 Å². The molecule has 0 unspecified atom stereocenters. The summed E-state index contributed by atoms with van der Waals surface area (Å²) in [5, 5.41) is 34.7. The summed E-state index contributed by atoms with van der Waals surface area (Å²) in [6.45, 7) is 23.0. The van der Waals surface area contributed by atoms with Gasteiger partial charge < -0.3 is 109 Å². The first-order chi connectivity index (χ1) is 55.5. The lowest BCUT2D eigenvalue weighted by atomic mass is 9.98. The number of carbonyl (C=O) groups excluding carboxylic acids is 13. The quantitative estimate of drug-likeness (QED) is 0.0358. The fourth-order valence-electron chi connectivity index (χ4n) is 13.6. The number of carbonyl (C=O) groups is 13. The number of para-hydroxylation sites is 1. The molecule has 1 heterocycles. The average molecular weight is 1640 g/mol. The van der Waals surface area contributed by atoms with Crippen LogP contribution in [-0.4, -0.2) is 193 Å². The van der Waals surface area contributed by atoms with E-state index in [1.807, 2.05) is 79.7 Å². The van der Waals surface area contributed by atoms with Gasteiger partial charge in [-0.05, 0) is 201 Å². The highest BCUT2D eigenvalue weighted by atomic mass is 16.2. The summed E-state index contributed by atoms with van der Waals surface area (Å²) < 4.78 is 0. The Labute approximate surface area is 692 Å². The van der Waals surface area contributed by atoms with Crippen LogP contribution in [0.25, 0.3) is 10.9 Å². The highest BCUT2D eigenvalue weighted by molar-refractivity contribution is 6.00. The number of unbranched alkanes of at least 4 members (excludes halogenated alkanes) is 5. The molecule has 0 aliphatic rings. The molecule has 0 fully saturated rings. The second-order valence-electron chi connectivity index (χ2n) is 33.3. The molecule has 0 spiro atoms. The van der Waals surface area contributed by atoms with Gasteiger partial charge in [0.15, 0.2) is 0 Å². The first kappa shape index (κ1) is 102. The summed E-state index contributed by atoms with van der Waals surface area (Å²) >= 11 is 0. The van der Waals surface area contributed by atoms with Crippen LogP contribution in [0.1, 0.15) is 216 Å². The Hall–Kier alpha value is -9.15. The van der Waals surface area contributed by atoms with E-state index >= 15 is 9.59 Å². The molecular weight excluding hydrogens is 1500 g/mol. The summed E-state index contributed by atoms with van der Waals surface area (Å²) in [5.41, 5.74) is 43.5. The molecule has 0 saturated carbocycles. The minimum Gasteiger partial charge on any atom is -0.368 e. The van der Waals surface area contributed by atoms with E-state index in [1.165, 1.54) is 0 Å². The van der Waals surface area contributed by atoms with Gasteiger partial charge in [0.05, 0.1) is 6.04 Å². The Bertz CT molecular complexity index is 3580. The maximum Gasteiger partial charge on any atom is 0.243 e. The Morgan fingerprint density at radius 1 is 0.308 bits per heavy atom. The van der Waals surface area contributed by atoms with Gasteiger partial charge in [0.25, 0.3) is 0 Å². The molecule has 27 N–H and O–H groups in total. The second kappa shape index (κ2) is 54.8. The largest absolute Gasteiger partial charge is 0.368 e. The van der Waals surface area contributed by atoms with Gasteiger partial charge in [-0.2, -0.15) is 0 Å². The number of benzene rings is 2. The SMILES string of the molecule is CC(C)C[C@H](NC(=O)[C@@H](NC(=O)[C@H](CCCCN)NC(=O)[C@H](CC(C)C)NC(=O)[C@@H](NC(=O)[C@H](CCCCN)NC(=O)[C@H](CCCCN)NC(=O)[C@H](Cc1ccccc1)NC(=O)[C@H](CC(C)C)NC(=O)[C@H](CC(C)C)NC(=O)[C@H](CCCCN)NC(=O)[C@H](Cc1c[nH]c2ccccc12)NC(=O)[C@@H](N)CCCCN)C(C)C)C(C)C)C(N)=O. The number of nitrogens with two attached hydrogens (primary N) is 7. The van der Waals surface area contributed by atoms with Gasteiger partial charge in [0.2, 0.25) is 76.8 Å². The zero-order valence-corrected chi connectivity index (χ0v) is 71.5. The fourth-order valence-corrected chi connectivity index (χ4v) is 13.6. The average Bonchev–Trinajstić information content (AvgIpc) is 1.68. The van der Waals surface area contributed by atoms with Crippen molar-refractivity contribution in [3.05, 3.63) is 71.9 Å². The fraction of sp³-hybridized carbons (Fsp3) is 0.679. The standard InChI is InChI=1S/C84H144N20O13/c1-49(2)42-64(72(91)105)97-83(116)70(53(9)10)103-77(110)63(36-22-27-41-89)96-78(111)67(45-52(7)8)102-84(117)71(54(11)12)104-76(109)62(35-21-26-40-88)93-74(107)60(33-19-24-38-86)94-81(114)68(46-55-28-14-13-15-29-55)101-80(113)66(44-51(5)6)100-79(112)65(43-50(3)4)99-75(108)61(34-20-25-39-87)95-82(115)69(98-73(106)58(90)31-18-23-37-85)47-56-48-92-59-32-17-16-30-57(56)59/h13-17,28-30,32,48-54,58,60-71,92H,18-27,31,33-47,85-90H2,1-12H3,(H2,91,105)(H,93,107)(H,94,114)(H,95,115)(H,96,111)(H,97,116)(H,98,106)(H,99,108)(H,100,112)(H,101,113)(H,102,117)(H,103,110)(H,104,109)/t58-,60-,61-,62-,63-,64-,65-,66-,67-,68-,69-,70-,71-/m0/s1. The number of aromatic amines is 1. The van der Waals surface area contributed by atoms with Gasteiger partial charge in [-0.3, -0.25) is 62.3 Å². The lowest BCUT2D eigenvalue weighted by Gasteiger charge is -2.30. The Balaban J connectivity index is 1.99. The summed E-state index contributed by atoms with van der Waals surface area (Å²) in [5.74, 6) is -11.0. The molecule has 1 aromatic heterocycles. The third-order valence-corrected chi connectivity index (χ3v) is 20.2. The molecule has 0 bridgehead atoms. The highest BCUT2D eigenvalue weighted by Gasteiger charge is 2.39. The monoisotopic (exact) mass is 1640 g/mol. The van der Waals surface area contributed by atoms with Gasteiger partial charge >= 0.3 is 0 Å². The molecule has 0 aliphatic heterocycles. The molecule has 33 nitrogen and oxygen atoms in total. The van der Waals surface area contributed by atoms with Crippen LogP contribution in [0.4, 0.5) is 0 Å². The number of aromatic nitrogens is 1. The van der Waals surface area contributed by atoms with Crippen molar-refractivity contribution in [3.63, 3.8) is 0 Å². The maximum atomic E-state index is 15.1.